The van der Waals surface area contributed by atoms with Gasteiger partial charge < -0.3 is 4.52 Å². The Bertz CT molecular complexity index is 728. The lowest BCUT2D eigenvalue weighted by molar-refractivity contribution is 0.400. The molecule has 0 fully saturated rings. The number of nitrogens with zero attached hydrogens (tertiary/aromatic N) is 2. The summed E-state index contributed by atoms with van der Waals surface area (Å²) in [6.07, 6.45) is 0. The van der Waals surface area contributed by atoms with Crippen LogP contribution < -0.4 is 4.31 Å². The van der Waals surface area contributed by atoms with Crippen LogP contribution in [0.1, 0.15) is 32.0 Å². The molecular weight excluding hydrogens is 288 g/mol. The van der Waals surface area contributed by atoms with Crippen LogP contribution in [-0.4, -0.2) is 19.1 Å². The quantitative estimate of drug-likeness (QED) is 0.873. The van der Waals surface area contributed by atoms with Gasteiger partial charge in [0, 0.05) is 5.56 Å². The average molecular weight is 308 g/mol. The molecule has 0 spiro atoms. The van der Waals surface area contributed by atoms with Crippen molar-refractivity contribution in [3.05, 3.63) is 41.6 Å². The second-order valence-electron chi connectivity index (χ2n) is 5.95. The van der Waals surface area contributed by atoms with Gasteiger partial charge in [0.05, 0.1) is 16.1 Å². The molecule has 21 heavy (non-hydrogen) atoms. The van der Waals surface area contributed by atoms with Crippen molar-refractivity contribution in [3.63, 3.8) is 0 Å². The van der Waals surface area contributed by atoms with Crippen molar-refractivity contribution in [2.45, 2.75) is 45.1 Å². The van der Waals surface area contributed by atoms with Crippen molar-refractivity contribution in [3.8, 4) is 0 Å². The van der Waals surface area contributed by atoms with Crippen LogP contribution in [0.3, 0.4) is 0 Å². The third-order valence-corrected chi connectivity index (χ3v) is 5.27. The molecular formula is C15H20N2O3S. The Morgan fingerprint density at radius 3 is 2.10 bits per heavy atom. The Kier molecular flexibility index (Phi) is 3.84. The molecule has 0 amide bonds. The lowest BCUT2D eigenvalue weighted by Crippen LogP contribution is -2.46. The van der Waals surface area contributed by atoms with E-state index in [1.165, 1.54) is 4.31 Å². The zero-order valence-electron chi connectivity index (χ0n) is 12.9. The number of rotatable bonds is 3. The topological polar surface area (TPSA) is 63.4 Å². The van der Waals surface area contributed by atoms with Gasteiger partial charge in [-0.1, -0.05) is 23.4 Å². The van der Waals surface area contributed by atoms with E-state index in [4.69, 9.17) is 4.52 Å². The number of hydrogen-bond acceptors (Lipinski definition) is 4. The van der Waals surface area contributed by atoms with E-state index < -0.39 is 15.6 Å². The van der Waals surface area contributed by atoms with Crippen LogP contribution in [0, 0.1) is 13.8 Å². The van der Waals surface area contributed by atoms with E-state index in [1.807, 2.05) is 20.8 Å². The Morgan fingerprint density at radius 1 is 1.10 bits per heavy atom. The third-order valence-electron chi connectivity index (χ3n) is 3.21. The average Bonchev–Trinajstić information content (AvgIpc) is 2.70. The standard InChI is InChI=1S/C15H20N2O3S/c1-11-12(2)16-20-14(11)17(15(3,4)5)21(18,19)13-9-7-6-8-10-13/h6-10H,1-5H3. The van der Waals surface area contributed by atoms with Crippen molar-refractivity contribution in [1.29, 1.82) is 0 Å². The van der Waals surface area contributed by atoms with Gasteiger partial charge in [-0.05, 0) is 46.8 Å². The van der Waals surface area contributed by atoms with Gasteiger partial charge in [-0.15, -0.1) is 0 Å². The molecule has 0 saturated carbocycles. The molecule has 1 aromatic heterocycles. The molecule has 0 radical (unpaired) electrons. The second-order valence-corrected chi connectivity index (χ2v) is 7.74. The van der Waals surface area contributed by atoms with E-state index in [1.54, 1.807) is 44.2 Å². The van der Waals surface area contributed by atoms with Crippen LogP contribution in [0.5, 0.6) is 0 Å². The predicted octanol–water partition coefficient (Wildman–Crippen LogP) is 3.29. The number of benzene rings is 1. The van der Waals surface area contributed by atoms with Crippen molar-refractivity contribution in [2.75, 3.05) is 4.31 Å². The number of anilines is 1. The highest BCUT2D eigenvalue weighted by molar-refractivity contribution is 7.92. The second kappa shape index (κ2) is 5.18. The minimum atomic E-state index is -3.72. The molecule has 1 aromatic carbocycles. The van der Waals surface area contributed by atoms with Gasteiger partial charge in [0.1, 0.15) is 0 Å². The number of hydrogen-bond donors (Lipinski definition) is 0. The first-order chi connectivity index (χ1) is 9.65. The monoisotopic (exact) mass is 308 g/mol. The summed E-state index contributed by atoms with van der Waals surface area (Å²) in [7, 11) is -3.72. The first kappa shape index (κ1) is 15.6. The lowest BCUT2D eigenvalue weighted by atomic mass is 10.1. The fourth-order valence-corrected chi connectivity index (χ4v) is 3.89. The fraction of sp³-hybridized carbons (Fsp3) is 0.400. The molecule has 5 nitrogen and oxygen atoms in total. The molecule has 0 atom stereocenters. The lowest BCUT2D eigenvalue weighted by Gasteiger charge is -2.34. The largest absolute Gasteiger partial charge is 0.337 e. The summed E-state index contributed by atoms with van der Waals surface area (Å²) in [5, 5.41) is 3.88. The van der Waals surface area contributed by atoms with Crippen molar-refractivity contribution in [1.82, 2.24) is 5.16 Å². The Labute approximate surface area is 125 Å². The van der Waals surface area contributed by atoms with Gasteiger partial charge in [-0.25, -0.2) is 12.7 Å². The highest BCUT2D eigenvalue weighted by atomic mass is 32.2. The van der Waals surface area contributed by atoms with Crippen LogP contribution >= 0.6 is 0 Å². The van der Waals surface area contributed by atoms with E-state index in [-0.39, 0.29) is 10.8 Å². The molecule has 0 saturated heterocycles. The van der Waals surface area contributed by atoms with Gasteiger partial charge in [-0.2, -0.15) is 0 Å². The molecule has 0 aliphatic heterocycles. The zero-order chi connectivity index (χ0) is 15.8. The van der Waals surface area contributed by atoms with Gasteiger partial charge in [0.2, 0.25) is 5.88 Å². The molecule has 6 heteroatoms. The molecule has 0 unspecified atom stereocenters. The van der Waals surface area contributed by atoms with E-state index in [0.29, 0.717) is 5.69 Å². The van der Waals surface area contributed by atoms with Crippen LogP contribution in [-0.2, 0) is 10.0 Å². The van der Waals surface area contributed by atoms with Crippen molar-refractivity contribution >= 4 is 15.9 Å². The molecule has 1 heterocycles. The minimum Gasteiger partial charge on any atom is -0.337 e. The van der Waals surface area contributed by atoms with Crippen LogP contribution in [0.15, 0.2) is 39.8 Å². The van der Waals surface area contributed by atoms with Gasteiger partial charge >= 0.3 is 0 Å². The zero-order valence-corrected chi connectivity index (χ0v) is 13.7. The van der Waals surface area contributed by atoms with Crippen LogP contribution in [0.2, 0.25) is 0 Å². The number of aryl methyl sites for hydroxylation is 1. The molecule has 2 rings (SSSR count). The summed E-state index contributed by atoms with van der Waals surface area (Å²) in [6, 6.07) is 8.34. The summed E-state index contributed by atoms with van der Waals surface area (Å²) in [4.78, 5) is 0.230. The van der Waals surface area contributed by atoms with E-state index in [9.17, 15) is 8.42 Å². The maximum Gasteiger partial charge on any atom is 0.267 e. The van der Waals surface area contributed by atoms with Gasteiger partial charge in [0.15, 0.2) is 0 Å². The molecule has 0 N–H and O–H groups in total. The smallest absolute Gasteiger partial charge is 0.267 e. The Balaban J connectivity index is 2.66. The molecule has 2 aromatic rings. The first-order valence-electron chi connectivity index (χ1n) is 6.69. The van der Waals surface area contributed by atoms with E-state index in [2.05, 4.69) is 5.16 Å². The number of sulfonamides is 1. The number of aromatic nitrogens is 1. The van der Waals surface area contributed by atoms with Crippen molar-refractivity contribution in [2.24, 2.45) is 0 Å². The third kappa shape index (κ3) is 2.81. The predicted molar refractivity (Wildman–Crippen MR) is 81.8 cm³/mol. The van der Waals surface area contributed by atoms with Crippen molar-refractivity contribution < 1.29 is 12.9 Å². The van der Waals surface area contributed by atoms with E-state index in [0.717, 1.165) is 5.56 Å². The van der Waals surface area contributed by atoms with E-state index >= 15 is 0 Å². The van der Waals surface area contributed by atoms with Gasteiger partial charge in [0.25, 0.3) is 10.0 Å². The Hall–Kier alpha value is -1.82. The molecule has 0 aliphatic rings. The van der Waals surface area contributed by atoms with Crippen LogP contribution in [0.4, 0.5) is 5.88 Å². The molecule has 0 aliphatic carbocycles. The minimum absolute atomic E-state index is 0.230. The normalized spacial score (nSPS) is 12.4. The maximum atomic E-state index is 13.0. The molecule has 114 valence electrons. The summed E-state index contributed by atoms with van der Waals surface area (Å²) in [6.45, 7) is 9.07. The van der Waals surface area contributed by atoms with Crippen LogP contribution in [0.25, 0.3) is 0 Å². The highest BCUT2D eigenvalue weighted by Crippen LogP contribution is 2.34. The maximum absolute atomic E-state index is 13.0. The highest BCUT2D eigenvalue weighted by Gasteiger charge is 2.38. The summed E-state index contributed by atoms with van der Waals surface area (Å²) in [5.41, 5.74) is 0.734. The SMILES string of the molecule is Cc1noc(N(C(C)(C)C)S(=O)(=O)c2ccccc2)c1C. The first-order valence-corrected chi connectivity index (χ1v) is 8.13. The fourth-order valence-electron chi connectivity index (χ4n) is 2.06. The summed E-state index contributed by atoms with van der Waals surface area (Å²) >= 11 is 0. The summed E-state index contributed by atoms with van der Waals surface area (Å²) < 4.78 is 32.5. The van der Waals surface area contributed by atoms with Gasteiger partial charge in [-0.3, -0.25) is 0 Å². The summed E-state index contributed by atoms with van der Waals surface area (Å²) in [5.74, 6) is 0.267. The Morgan fingerprint density at radius 2 is 1.67 bits per heavy atom. The molecule has 0 bridgehead atoms.